The Balaban J connectivity index is 2.06. The molecule has 0 saturated carbocycles. The van der Waals surface area contributed by atoms with E-state index in [4.69, 9.17) is 0 Å². The van der Waals surface area contributed by atoms with Crippen LogP contribution in [0, 0.1) is 0 Å². The van der Waals surface area contributed by atoms with Gasteiger partial charge in [-0.05, 0) is 12.1 Å². The summed E-state index contributed by atoms with van der Waals surface area (Å²) in [5, 5.41) is 5.68. The lowest BCUT2D eigenvalue weighted by Crippen LogP contribution is -2.49. The van der Waals surface area contributed by atoms with Crippen LogP contribution < -0.4 is 9.80 Å². The number of halogens is 1. The number of hydrogen-bond donors (Lipinski definition) is 1. The van der Waals surface area contributed by atoms with E-state index in [-0.39, 0.29) is 16.6 Å². The topological polar surface area (TPSA) is 42.0 Å². The number of hydrogen-bond acceptors (Lipinski definition) is 3. The molecule has 3 rings (SSSR count). The summed E-state index contributed by atoms with van der Waals surface area (Å²) in [5.74, 6) is 0. The zero-order valence-electron chi connectivity index (χ0n) is 10.3. The van der Waals surface area contributed by atoms with E-state index in [1.807, 2.05) is 24.6 Å². The molecule has 2 atom stereocenters. The van der Waals surface area contributed by atoms with Crippen molar-refractivity contribution in [3.8, 4) is 0 Å². The van der Waals surface area contributed by atoms with Crippen molar-refractivity contribution in [3.63, 3.8) is 0 Å². The Bertz CT molecular complexity index is 599. The highest BCUT2D eigenvalue weighted by Gasteiger charge is 2.50. The molecule has 1 fully saturated rings. The van der Waals surface area contributed by atoms with Crippen LogP contribution >= 0.6 is 27.3 Å². The Morgan fingerprint density at radius 2 is 2.16 bits per heavy atom. The molecule has 98 valence electrons. The fraction of sp³-hybridized carbons (Fsp3) is 0.231. The molecule has 6 heteroatoms. The van der Waals surface area contributed by atoms with Crippen LogP contribution in [0.25, 0.3) is 0 Å². The molecule has 0 bridgehead atoms. The maximum Gasteiger partial charge on any atom is 0.424 e. The summed E-state index contributed by atoms with van der Waals surface area (Å²) in [5.41, 5.74) is 1.14. The highest BCUT2D eigenvalue weighted by molar-refractivity contribution is 9.10. The van der Waals surface area contributed by atoms with Crippen LogP contribution in [0.15, 0.2) is 40.3 Å². The molecular weight excluding hydrogens is 326 g/mol. The van der Waals surface area contributed by atoms with Crippen LogP contribution in [-0.2, 0) is 0 Å². The number of urea groups is 1. The number of likely N-dealkylation sites (N-methyl/N-ethyl adjacent to an activating group) is 1. The van der Waals surface area contributed by atoms with Crippen molar-refractivity contribution in [2.24, 2.45) is 0 Å². The van der Waals surface area contributed by atoms with Gasteiger partial charge < -0.3 is 0 Å². The van der Waals surface area contributed by atoms with Crippen LogP contribution in [0.3, 0.4) is 0 Å². The summed E-state index contributed by atoms with van der Waals surface area (Å²) in [7, 11) is 1.92. The lowest BCUT2D eigenvalue weighted by molar-refractivity contribution is 0.216. The zero-order chi connectivity index (χ0) is 13.5. The molecule has 1 aliphatic rings. The molecule has 0 radical (unpaired) electrons. The molecule has 4 nitrogen and oxygen atoms in total. The first-order chi connectivity index (χ1) is 9.12. The lowest BCUT2D eigenvalue weighted by atomic mass is 10.1. The number of carbonyl (C=O) groups excluding carboxylic acids is 1. The summed E-state index contributed by atoms with van der Waals surface area (Å²) in [6, 6.07) is 8.18. The quantitative estimate of drug-likeness (QED) is 0.853. The van der Waals surface area contributed by atoms with Gasteiger partial charge in [-0.15, -0.1) is 0 Å². The molecule has 0 aliphatic carbocycles. The third-order valence-corrected chi connectivity index (χ3v) is 5.05. The van der Waals surface area contributed by atoms with Gasteiger partial charge in [0.1, 0.15) is 6.04 Å². The van der Waals surface area contributed by atoms with Gasteiger partial charge >= 0.3 is 6.03 Å². The van der Waals surface area contributed by atoms with E-state index in [2.05, 4.69) is 38.4 Å². The Labute approximate surface area is 123 Å². The number of benzene rings is 1. The fourth-order valence-corrected chi connectivity index (χ4v) is 3.50. The molecule has 2 aromatic rings. The van der Waals surface area contributed by atoms with Crippen molar-refractivity contribution < 1.29 is 4.79 Å². The van der Waals surface area contributed by atoms with Crippen LogP contribution in [0.1, 0.15) is 11.6 Å². The van der Waals surface area contributed by atoms with Gasteiger partial charge in [-0.25, -0.2) is 4.79 Å². The molecule has 1 aromatic heterocycles. The minimum Gasteiger partial charge on any atom is -0.299 e. The number of nitrogens with zero attached hydrogens (tertiary/aromatic N) is 2. The summed E-state index contributed by atoms with van der Waals surface area (Å²) >= 11 is 4.95. The average molecular weight is 339 g/mol. The van der Waals surface area contributed by atoms with Gasteiger partial charge in [0, 0.05) is 21.6 Å². The van der Waals surface area contributed by atoms with Crippen molar-refractivity contribution in [2.75, 3.05) is 13.6 Å². The van der Waals surface area contributed by atoms with Gasteiger partial charge in [0.25, 0.3) is 5.13 Å². The van der Waals surface area contributed by atoms with Crippen molar-refractivity contribution in [1.82, 2.24) is 14.8 Å². The highest BCUT2D eigenvalue weighted by atomic mass is 79.9. The van der Waals surface area contributed by atoms with Crippen LogP contribution in [-0.4, -0.2) is 24.6 Å². The molecule has 2 amide bonds. The molecule has 19 heavy (non-hydrogen) atoms. The molecule has 1 aromatic carbocycles. The average Bonchev–Trinajstić information content (AvgIpc) is 3.02. The van der Waals surface area contributed by atoms with E-state index in [9.17, 15) is 4.79 Å². The van der Waals surface area contributed by atoms with E-state index in [1.54, 1.807) is 6.20 Å². The van der Waals surface area contributed by atoms with Gasteiger partial charge in [-0.1, -0.05) is 39.4 Å². The Morgan fingerprint density at radius 3 is 2.79 bits per heavy atom. The number of nitrogens with one attached hydrogen (secondary N) is 1. The van der Waals surface area contributed by atoms with Crippen LogP contribution in [0.4, 0.5) is 9.93 Å². The largest absolute Gasteiger partial charge is 0.424 e. The van der Waals surface area contributed by atoms with Crippen LogP contribution in [0.2, 0.25) is 0 Å². The predicted octanol–water partition coefficient (Wildman–Crippen LogP) is 3.31. The smallest absolute Gasteiger partial charge is 0.299 e. The fourth-order valence-electron chi connectivity index (χ4n) is 2.44. The maximum atomic E-state index is 12.3. The number of rotatable bonds is 2. The van der Waals surface area contributed by atoms with Crippen LogP contribution in [0.5, 0.6) is 0 Å². The van der Waals surface area contributed by atoms with E-state index in [1.165, 1.54) is 11.3 Å². The van der Waals surface area contributed by atoms with Gasteiger partial charge in [-0.2, -0.15) is 9.47 Å². The Morgan fingerprint density at radius 1 is 1.42 bits per heavy atom. The van der Waals surface area contributed by atoms with E-state index in [0.717, 1.165) is 15.2 Å². The maximum absolute atomic E-state index is 12.3. The van der Waals surface area contributed by atoms with E-state index in [0.29, 0.717) is 6.54 Å². The first kappa shape index (κ1) is 12.8. The third kappa shape index (κ3) is 2.00. The van der Waals surface area contributed by atoms with Gasteiger partial charge in [0.05, 0.1) is 13.6 Å². The number of thiazole rings is 1. The number of aromatic nitrogens is 1. The predicted molar refractivity (Wildman–Crippen MR) is 80.1 cm³/mol. The first-order valence-electron chi connectivity index (χ1n) is 5.92. The summed E-state index contributed by atoms with van der Waals surface area (Å²) in [6.45, 7) is 0.635. The molecule has 1 saturated heterocycles. The Hall–Kier alpha value is -1.24. The van der Waals surface area contributed by atoms with E-state index >= 15 is 0 Å². The second kappa shape index (κ2) is 4.70. The van der Waals surface area contributed by atoms with Gasteiger partial charge in [-0.3, -0.25) is 5.32 Å². The van der Waals surface area contributed by atoms with E-state index < -0.39 is 0 Å². The molecule has 1 N–H and O–H groups in total. The summed E-state index contributed by atoms with van der Waals surface area (Å²) in [4.78, 5) is 16.6. The summed E-state index contributed by atoms with van der Waals surface area (Å²) in [6.07, 6.45) is 1.74. The van der Waals surface area contributed by atoms with Crippen molar-refractivity contribution in [3.05, 3.63) is 45.9 Å². The minimum atomic E-state index is 0.00266. The van der Waals surface area contributed by atoms with Crippen molar-refractivity contribution in [1.29, 1.82) is 0 Å². The van der Waals surface area contributed by atoms with Crippen molar-refractivity contribution >= 4 is 38.4 Å². The zero-order valence-corrected chi connectivity index (χ0v) is 12.7. The van der Waals surface area contributed by atoms with Gasteiger partial charge in [0.15, 0.2) is 0 Å². The molecule has 0 spiro atoms. The Kier molecular flexibility index (Phi) is 3.16. The lowest BCUT2D eigenvalue weighted by Gasteiger charge is -2.28. The normalized spacial score (nSPS) is 26.4. The summed E-state index contributed by atoms with van der Waals surface area (Å²) < 4.78 is 1.23. The second-order valence-electron chi connectivity index (χ2n) is 4.64. The van der Waals surface area contributed by atoms with Crippen molar-refractivity contribution in [2.45, 2.75) is 6.04 Å². The van der Waals surface area contributed by atoms with Gasteiger partial charge in [0.2, 0.25) is 0 Å². The monoisotopic (exact) mass is 338 g/mol. The minimum absolute atomic E-state index is 0.00266. The molecule has 1 aliphatic heterocycles. The second-order valence-corrected chi connectivity index (χ2v) is 6.43. The molecule has 2 unspecified atom stereocenters. The first-order valence-corrected chi connectivity index (χ1v) is 7.60. The number of quaternary nitrogens is 1. The standard InChI is InChI=1S/C13H12BrN3OS/c1-17(13-15-6-7-19-13)11(8-16-12(17)18)9-2-4-10(14)5-3-9/h2-7,11H,8H2,1H3/p+1. The molecular formula is C13H13BrN3OS+. The number of carbonyl (C=O) groups is 1. The molecule has 2 heterocycles. The third-order valence-electron chi connectivity index (χ3n) is 3.56. The highest BCUT2D eigenvalue weighted by Crippen LogP contribution is 2.38. The SMILES string of the molecule is C[N+]1(c2nccs2)C(=O)NCC1c1ccc(Br)cc1. The number of amides is 2.